The molecule has 0 bridgehead atoms. The van der Waals surface area contributed by atoms with E-state index in [0.717, 1.165) is 11.3 Å². The molecule has 1 aliphatic rings. The Balaban J connectivity index is 2.20. The fourth-order valence-electron chi connectivity index (χ4n) is 1.60. The molecule has 0 saturated carbocycles. The van der Waals surface area contributed by atoms with Crippen molar-refractivity contribution in [2.75, 3.05) is 13.6 Å². The molecule has 1 atom stereocenters. The van der Waals surface area contributed by atoms with E-state index in [2.05, 4.69) is 4.72 Å². The fraction of sp³-hybridized carbons (Fsp3) is 0.556. The van der Waals surface area contributed by atoms with Gasteiger partial charge < -0.3 is 0 Å². The van der Waals surface area contributed by atoms with Gasteiger partial charge >= 0.3 is 0 Å². The lowest BCUT2D eigenvalue weighted by atomic mass is 10.1. The molecule has 1 aromatic heterocycles. The lowest BCUT2D eigenvalue weighted by molar-refractivity contribution is 0.384. The van der Waals surface area contributed by atoms with Gasteiger partial charge in [-0.2, -0.15) is 17.4 Å². The molecule has 0 radical (unpaired) electrons. The maximum atomic E-state index is 11.6. The molecule has 2 rings (SSSR count). The van der Waals surface area contributed by atoms with E-state index in [0.29, 0.717) is 6.54 Å². The second-order valence-electron chi connectivity index (χ2n) is 3.81. The van der Waals surface area contributed by atoms with Crippen molar-refractivity contribution in [1.82, 2.24) is 9.03 Å². The molecule has 1 saturated heterocycles. The molecule has 1 N–H and O–H groups in total. The van der Waals surface area contributed by atoms with Gasteiger partial charge in [-0.3, -0.25) is 0 Å². The molecule has 0 aliphatic carbocycles. The monoisotopic (exact) mass is 246 g/mol. The SMILES string of the molecule is Cc1csc([C@@H]2CCN(C)S(=O)(=O)N2)c1. The lowest BCUT2D eigenvalue weighted by Crippen LogP contribution is -2.46. The molecular weight excluding hydrogens is 232 g/mol. The van der Waals surface area contributed by atoms with Gasteiger partial charge in [-0.15, -0.1) is 11.3 Å². The smallest absolute Gasteiger partial charge is 0.195 e. The normalized spacial score (nSPS) is 26.7. The van der Waals surface area contributed by atoms with Crippen LogP contribution < -0.4 is 4.72 Å². The van der Waals surface area contributed by atoms with Crippen LogP contribution in [0.25, 0.3) is 0 Å². The summed E-state index contributed by atoms with van der Waals surface area (Å²) in [7, 11) is -1.66. The Morgan fingerprint density at radius 3 is 2.87 bits per heavy atom. The molecule has 1 aliphatic heterocycles. The van der Waals surface area contributed by atoms with Crippen LogP contribution in [0.5, 0.6) is 0 Å². The van der Waals surface area contributed by atoms with E-state index in [1.807, 2.05) is 18.4 Å². The number of aryl methyl sites for hydroxylation is 1. The van der Waals surface area contributed by atoms with Gasteiger partial charge in [0.05, 0.1) is 6.04 Å². The van der Waals surface area contributed by atoms with Crippen molar-refractivity contribution in [3.8, 4) is 0 Å². The molecule has 0 spiro atoms. The zero-order chi connectivity index (χ0) is 11.1. The predicted molar refractivity (Wildman–Crippen MR) is 61.1 cm³/mol. The Kier molecular flexibility index (Phi) is 2.85. The van der Waals surface area contributed by atoms with Gasteiger partial charge in [0.1, 0.15) is 0 Å². The van der Waals surface area contributed by atoms with Crippen LogP contribution in [0.1, 0.15) is 22.9 Å². The molecule has 0 unspecified atom stereocenters. The molecule has 6 heteroatoms. The van der Waals surface area contributed by atoms with E-state index in [1.54, 1.807) is 18.4 Å². The maximum Gasteiger partial charge on any atom is 0.279 e. The molecule has 0 amide bonds. The standard InChI is InChI=1S/C9H14N2O2S2/c1-7-5-9(14-6-7)8-3-4-11(2)15(12,13)10-8/h5-6,8,10H,3-4H2,1-2H3/t8-/m0/s1. The average Bonchev–Trinajstić information content (AvgIpc) is 2.57. The first-order chi connectivity index (χ1) is 6.99. The molecule has 2 heterocycles. The zero-order valence-electron chi connectivity index (χ0n) is 8.73. The van der Waals surface area contributed by atoms with Crippen molar-refractivity contribution in [2.45, 2.75) is 19.4 Å². The summed E-state index contributed by atoms with van der Waals surface area (Å²) in [5.74, 6) is 0. The van der Waals surface area contributed by atoms with Crippen LogP contribution in [-0.2, 0) is 10.2 Å². The van der Waals surface area contributed by atoms with E-state index in [1.165, 1.54) is 9.87 Å². The minimum Gasteiger partial charge on any atom is -0.195 e. The van der Waals surface area contributed by atoms with Gasteiger partial charge in [-0.25, -0.2) is 0 Å². The largest absolute Gasteiger partial charge is 0.279 e. The minimum absolute atomic E-state index is 0.0510. The summed E-state index contributed by atoms with van der Waals surface area (Å²) in [6.07, 6.45) is 0.829. The molecule has 1 aromatic rings. The van der Waals surface area contributed by atoms with E-state index < -0.39 is 10.2 Å². The molecular formula is C9H14N2O2S2. The summed E-state index contributed by atoms with van der Waals surface area (Å²) in [5, 5.41) is 2.04. The van der Waals surface area contributed by atoms with Crippen LogP contribution in [0.2, 0.25) is 0 Å². The first-order valence-electron chi connectivity index (χ1n) is 4.77. The van der Waals surface area contributed by atoms with E-state index >= 15 is 0 Å². The third-order valence-corrected chi connectivity index (χ3v) is 5.28. The number of rotatable bonds is 1. The highest BCUT2D eigenvalue weighted by Crippen LogP contribution is 2.28. The highest BCUT2D eigenvalue weighted by molar-refractivity contribution is 7.87. The Hall–Kier alpha value is -0.430. The summed E-state index contributed by atoms with van der Waals surface area (Å²) in [4.78, 5) is 1.10. The average molecular weight is 246 g/mol. The summed E-state index contributed by atoms with van der Waals surface area (Å²) in [5.41, 5.74) is 1.19. The highest BCUT2D eigenvalue weighted by atomic mass is 32.2. The van der Waals surface area contributed by atoms with Gasteiger partial charge in [0.2, 0.25) is 0 Å². The van der Waals surface area contributed by atoms with Crippen LogP contribution in [-0.4, -0.2) is 26.3 Å². The quantitative estimate of drug-likeness (QED) is 0.811. The van der Waals surface area contributed by atoms with Crippen molar-refractivity contribution >= 4 is 21.5 Å². The van der Waals surface area contributed by atoms with E-state index in [9.17, 15) is 8.42 Å². The van der Waals surface area contributed by atoms with Crippen LogP contribution in [0.3, 0.4) is 0 Å². The molecule has 4 nitrogen and oxygen atoms in total. The molecule has 84 valence electrons. The Bertz CT molecular complexity index is 452. The van der Waals surface area contributed by atoms with Gasteiger partial charge in [-0.1, -0.05) is 0 Å². The number of nitrogens with one attached hydrogen (secondary N) is 1. The highest BCUT2D eigenvalue weighted by Gasteiger charge is 2.29. The van der Waals surface area contributed by atoms with Crippen molar-refractivity contribution in [2.24, 2.45) is 0 Å². The molecule has 0 aromatic carbocycles. The number of hydrogen-bond donors (Lipinski definition) is 1. The predicted octanol–water partition coefficient (Wildman–Crippen LogP) is 1.27. The van der Waals surface area contributed by atoms with Crippen molar-refractivity contribution < 1.29 is 8.42 Å². The lowest BCUT2D eigenvalue weighted by Gasteiger charge is -2.29. The first-order valence-corrected chi connectivity index (χ1v) is 7.09. The zero-order valence-corrected chi connectivity index (χ0v) is 10.4. The maximum absolute atomic E-state index is 11.6. The van der Waals surface area contributed by atoms with Gasteiger partial charge in [0.15, 0.2) is 0 Å². The number of thiophene rings is 1. The van der Waals surface area contributed by atoms with Crippen molar-refractivity contribution in [3.05, 3.63) is 21.9 Å². The van der Waals surface area contributed by atoms with Crippen molar-refractivity contribution in [1.29, 1.82) is 0 Å². The summed E-state index contributed by atoms with van der Waals surface area (Å²) in [6, 6.07) is 1.99. The van der Waals surface area contributed by atoms with Gasteiger partial charge in [0.25, 0.3) is 10.2 Å². The third-order valence-electron chi connectivity index (χ3n) is 2.53. The van der Waals surface area contributed by atoms with Gasteiger partial charge in [-0.05, 0) is 30.4 Å². The Morgan fingerprint density at radius 1 is 1.60 bits per heavy atom. The minimum atomic E-state index is -3.26. The topological polar surface area (TPSA) is 49.4 Å². The number of nitrogens with zero attached hydrogens (tertiary/aromatic N) is 1. The van der Waals surface area contributed by atoms with Crippen LogP contribution in [0.4, 0.5) is 0 Å². The second kappa shape index (κ2) is 3.86. The Morgan fingerprint density at radius 2 is 2.33 bits per heavy atom. The second-order valence-corrected chi connectivity index (χ2v) is 6.56. The number of hydrogen-bond acceptors (Lipinski definition) is 3. The first kappa shape index (κ1) is 11.1. The van der Waals surface area contributed by atoms with Gasteiger partial charge in [0, 0.05) is 18.5 Å². The van der Waals surface area contributed by atoms with Crippen LogP contribution in [0.15, 0.2) is 11.4 Å². The fourth-order valence-corrected chi connectivity index (χ4v) is 3.79. The molecule has 1 fully saturated rings. The Labute approximate surface area is 94.1 Å². The summed E-state index contributed by atoms with van der Waals surface area (Å²) in [6.45, 7) is 2.60. The van der Waals surface area contributed by atoms with E-state index in [4.69, 9.17) is 0 Å². The van der Waals surface area contributed by atoms with Crippen LogP contribution >= 0.6 is 11.3 Å². The van der Waals surface area contributed by atoms with E-state index in [-0.39, 0.29) is 6.04 Å². The summed E-state index contributed by atoms with van der Waals surface area (Å²) >= 11 is 1.61. The molecule has 15 heavy (non-hydrogen) atoms. The third kappa shape index (κ3) is 2.23. The van der Waals surface area contributed by atoms with Crippen molar-refractivity contribution in [3.63, 3.8) is 0 Å². The van der Waals surface area contributed by atoms with Crippen LogP contribution in [0, 0.1) is 6.92 Å². The summed E-state index contributed by atoms with van der Waals surface area (Å²) < 4.78 is 27.2.